The topological polar surface area (TPSA) is 73.7 Å². The van der Waals surface area contributed by atoms with Crippen LogP contribution in [0, 0.1) is 5.82 Å². The lowest BCUT2D eigenvalue weighted by atomic mass is 10.0. The Labute approximate surface area is 181 Å². The summed E-state index contributed by atoms with van der Waals surface area (Å²) < 4.78 is 14.1. The van der Waals surface area contributed by atoms with Gasteiger partial charge in [-0.1, -0.05) is 5.57 Å². The number of nitrogens with one attached hydrogen (secondary N) is 1. The molecule has 1 aliphatic heterocycles. The molecule has 1 amide bonds. The standard InChI is InChI=1S/C21H28ClFN6O/c1-13(2)16(14(3)17(24-5)27-21(4)6-7-21)19(30)29-10-8-28(9-11-29)18-15(23)12-25-20(22)26-18/h12,27H,5-11H2,1-4H3/b17-14-. The van der Waals surface area contributed by atoms with Crippen LogP contribution in [0.1, 0.15) is 40.5 Å². The predicted molar refractivity (Wildman–Crippen MR) is 117 cm³/mol. The minimum atomic E-state index is -0.524. The lowest BCUT2D eigenvalue weighted by Gasteiger charge is -2.36. The molecule has 0 spiro atoms. The van der Waals surface area contributed by atoms with E-state index in [0.717, 1.165) is 30.2 Å². The van der Waals surface area contributed by atoms with Crippen molar-refractivity contribution in [2.24, 2.45) is 4.99 Å². The van der Waals surface area contributed by atoms with Crippen molar-refractivity contribution in [1.29, 1.82) is 0 Å². The van der Waals surface area contributed by atoms with Crippen LogP contribution in [0.5, 0.6) is 0 Å². The summed E-state index contributed by atoms with van der Waals surface area (Å²) >= 11 is 5.81. The quantitative estimate of drug-likeness (QED) is 0.322. The smallest absolute Gasteiger partial charge is 0.254 e. The molecule has 0 aromatic carbocycles. The van der Waals surface area contributed by atoms with Gasteiger partial charge < -0.3 is 15.1 Å². The van der Waals surface area contributed by atoms with Gasteiger partial charge in [0.25, 0.3) is 5.91 Å². The molecular formula is C21H28ClFN6O. The van der Waals surface area contributed by atoms with Crippen LogP contribution in [0.25, 0.3) is 0 Å². The summed E-state index contributed by atoms with van der Waals surface area (Å²) in [7, 11) is 0. The minimum absolute atomic E-state index is 0.00110. The first-order valence-corrected chi connectivity index (χ1v) is 10.4. The van der Waals surface area contributed by atoms with Crippen molar-refractivity contribution in [3.05, 3.63) is 39.8 Å². The van der Waals surface area contributed by atoms with Crippen molar-refractivity contribution in [3.8, 4) is 0 Å². The summed E-state index contributed by atoms with van der Waals surface area (Å²) in [5, 5.41) is 3.42. The maximum absolute atomic E-state index is 14.1. The van der Waals surface area contributed by atoms with Gasteiger partial charge in [0.05, 0.1) is 6.20 Å². The summed E-state index contributed by atoms with van der Waals surface area (Å²) in [6.45, 7) is 13.4. The number of allylic oxidation sites excluding steroid dienone is 1. The molecule has 1 aliphatic carbocycles. The monoisotopic (exact) mass is 434 g/mol. The van der Waals surface area contributed by atoms with E-state index < -0.39 is 5.82 Å². The van der Waals surface area contributed by atoms with Crippen LogP contribution in [0.15, 0.2) is 33.7 Å². The van der Waals surface area contributed by atoms with Gasteiger partial charge >= 0.3 is 0 Å². The van der Waals surface area contributed by atoms with Crippen molar-refractivity contribution in [1.82, 2.24) is 20.2 Å². The van der Waals surface area contributed by atoms with Crippen molar-refractivity contribution in [2.45, 2.75) is 46.1 Å². The highest BCUT2D eigenvalue weighted by Gasteiger charge is 2.38. The van der Waals surface area contributed by atoms with Gasteiger partial charge in [-0.15, -0.1) is 0 Å². The third-order valence-corrected chi connectivity index (χ3v) is 5.77. The molecule has 1 N–H and O–H groups in total. The van der Waals surface area contributed by atoms with Crippen LogP contribution in [-0.2, 0) is 4.79 Å². The van der Waals surface area contributed by atoms with Crippen LogP contribution in [0.3, 0.4) is 0 Å². The molecule has 1 saturated carbocycles. The first-order valence-electron chi connectivity index (χ1n) is 10.0. The predicted octanol–water partition coefficient (Wildman–Crippen LogP) is 3.33. The zero-order valence-electron chi connectivity index (χ0n) is 17.9. The molecule has 2 aliphatic rings. The van der Waals surface area contributed by atoms with E-state index in [4.69, 9.17) is 11.6 Å². The second-order valence-corrected chi connectivity index (χ2v) is 8.62. The van der Waals surface area contributed by atoms with Gasteiger partial charge in [0.1, 0.15) is 5.82 Å². The number of aliphatic imine (C=N–C) groups is 1. The Morgan fingerprint density at radius 1 is 1.27 bits per heavy atom. The van der Waals surface area contributed by atoms with Crippen LogP contribution < -0.4 is 10.2 Å². The summed E-state index contributed by atoms with van der Waals surface area (Å²) in [5.41, 5.74) is 2.37. The fourth-order valence-corrected chi connectivity index (χ4v) is 3.69. The van der Waals surface area contributed by atoms with Gasteiger partial charge in [-0.05, 0) is 58.9 Å². The summed E-state index contributed by atoms with van der Waals surface area (Å²) in [4.78, 5) is 28.7. The zero-order valence-corrected chi connectivity index (χ0v) is 18.7. The van der Waals surface area contributed by atoms with E-state index in [1.165, 1.54) is 0 Å². The van der Waals surface area contributed by atoms with E-state index in [0.29, 0.717) is 37.6 Å². The van der Waals surface area contributed by atoms with Gasteiger partial charge in [-0.3, -0.25) is 4.79 Å². The molecule has 162 valence electrons. The van der Waals surface area contributed by atoms with Crippen LogP contribution in [-0.4, -0.2) is 59.2 Å². The average Bonchev–Trinajstić information content (AvgIpc) is 3.45. The van der Waals surface area contributed by atoms with E-state index in [1.807, 2.05) is 20.8 Å². The number of halogens is 2. The third kappa shape index (κ3) is 4.80. The van der Waals surface area contributed by atoms with Crippen molar-refractivity contribution >= 4 is 30.0 Å². The maximum Gasteiger partial charge on any atom is 0.254 e. The van der Waals surface area contributed by atoms with Gasteiger partial charge in [-0.2, -0.15) is 4.98 Å². The highest BCUT2D eigenvalue weighted by atomic mass is 35.5. The van der Waals surface area contributed by atoms with Crippen molar-refractivity contribution in [3.63, 3.8) is 0 Å². The highest BCUT2D eigenvalue weighted by molar-refractivity contribution is 6.28. The normalized spacial score (nSPS) is 18.5. The Morgan fingerprint density at radius 2 is 1.90 bits per heavy atom. The van der Waals surface area contributed by atoms with E-state index in [9.17, 15) is 9.18 Å². The Hall–Kier alpha value is -2.48. The number of amides is 1. The molecule has 2 fully saturated rings. The average molecular weight is 435 g/mol. The lowest BCUT2D eigenvalue weighted by Crippen LogP contribution is -2.50. The Balaban J connectivity index is 1.75. The van der Waals surface area contributed by atoms with Gasteiger partial charge in [0, 0.05) is 42.9 Å². The molecule has 9 heteroatoms. The van der Waals surface area contributed by atoms with Gasteiger partial charge in [0.2, 0.25) is 5.28 Å². The van der Waals surface area contributed by atoms with Crippen LogP contribution >= 0.6 is 11.6 Å². The van der Waals surface area contributed by atoms with Gasteiger partial charge in [-0.25, -0.2) is 14.4 Å². The molecule has 3 rings (SSSR count). The van der Waals surface area contributed by atoms with Crippen LogP contribution in [0.2, 0.25) is 5.28 Å². The molecule has 7 nitrogen and oxygen atoms in total. The molecule has 1 aromatic heterocycles. The first kappa shape index (κ1) is 22.2. The number of aromatic nitrogens is 2. The number of anilines is 1. The molecule has 0 unspecified atom stereocenters. The largest absolute Gasteiger partial charge is 0.365 e. The van der Waals surface area contributed by atoms with E-state index in [2.05, 4.69) is 33.9 Å². The zero-order chi connectivity index (χ0) is 22.1. The minimum Gasteiger partial charge on any atom is -0.365 e. The second-order valence-electron chi connectivity index (χ2n) is 8.28. The number of hydrogen-bond donors (Lipinski definition) is 1. The maximum atomic E-state index is 14.1. The Bertz CT molecular complexity index is 912. The van der Waals surface area contributed by atoms with Crippen LogP contribution in [0.4, 0.5) is 10.2 Å². The van der Waals surface area contributed by atoms with E-state index in [1.54, 1.807) is 9.80 Å². The van der Waals surface area contributed by atoms with E-state index in [-0.39, 0.29) is 22.5 Å². The Morgan fingerprint density at radius 3 is 2.43 bits per heavy atom. The number of hydrogen-bond acceptors (Lipinski definition) is 6. The molecule has 0 atom stereocenters. The molecule has 0 bridgehead atoms. The fourth-order valence-electron chi connectivity index (χ4n) is 3.56. The first-order chi connectivity index (χ1) is 14.1. The lowest BCUT2D eigenvalue weighted by molar-refractivity contribution is -0.127. The fraction of sp³-hybridized carbons (Fsp3) is 0.524. The second kappa shape index (κ2) is 8.71. The number of carbonyl (C=O) groups excluding carboxylic acids is 1. The van der Waals surface area contributed by atoms with Crippen molar-refractivity contribution < 1.29 is 9.18 Å². The van der Waals surface area contributed by atoms with Gasteiger partial charge in [0.15, 0.2) is 11.6 Å². The number of rotatable bonds is 6. The molecule has 2 heterocycles. The number of nitrogens with zero attached hydrogens (tertiary/aromatic N) is 5. The Kier molecular flexibility index (Phi) is 6.45. The molecule has 30 heavy (non-hydrogen) atoms. The number of piperazine rings is 1. The molecule has 0 radical (unpaired) electrons. The molecular weight excluding hydrogens is 407 g/mol. The SMILES string of the molecule is C=N/C(NC1(C)CC1)=C(\C)C(C(=O)N1CCN(c2nc(Cl)ncc2F)CC1)=C(C)C. The molecule has 1 aromatic rings. The highest BCUT2D eigenvalue weighted by Crippen LogP contribution is 2.36. The van der Waals surface area contributed by atoms with Crippen molar-refractivity contribution in [2.75, 3.05) is 31.1 Å². The van der Waals surface area contributed by atoms with E-state index >= 15 is 0 Å². The summed E-state index contributed by atoms with van der Waals surface area (Å²) in [6.07, 6.45) is 3.21. The summed E-state index contributed by atoms with van der Waals surface area (Å²) in [5.74, 6) is 0.234. The molecule has 1 saturated heterocycles. The summed E-state index contributed by atoms with van der Waals surface area (Å²) in [6, 6.07) is 0. The number of carbonyl (C=O) groups is 1. The third-order valence-electron chi connectivity index (χ3n) is 5.58.